The van der Waals surface area contributed by atoms with Crippen LogP contribution in [0.15, 0.2) is 51.4 Å². The Kier molecular flexibility index (Phi) is 4.81. The van der Waals surface area contributed by atoms with Crippen LogP contribution in [-0.4, -0.2) is 20.9 Å². The molecule has 31 heavy (non-hydrogen) atoms. The Labute approximate surface area is 179 Å². The summed E-state index contributed by atoms with van der Waals surface area (Å²) >= 11 is 0. The van der Waals surface area contributed by atoms with Gasteiger partial charge in [0.2, 0.25) is 5.43 Å². The topological polar surface area (TPSA) is 100 Å². The van der Waals surface area contributed by atoms with Crippen molar-refractivity contribution >= 4 is 17.0 Å². The van der Waals surface area contributed by atoms with E-state index in [-0.39, 0.29) is 33.8 Å². The molecule has 0 bridgehead atoms. The van der Waals surface area contributed by atoms with Crippen LogP contribution in [0, 0.1) is 0 Å². The highest BCUT2D eigenvalue weighted by Gasteiger charge is 2.28. The zero-order valence-corrected chi connectivity index (χ0v) is 17.8. The minimum absolute atomic E-state index is 0.0140. The third kappa shape index (κ3) is 3.54. The van der Waals surface area contributed by atoms with Crippen LogP contribution in [0.3, 0.4) is 0 Å². The molecule has 6 heteroatoms. The number of allylic oxidation sites excluding steroid dienone is 2. The number of hydrogen-bond donors (Lipinski definition) is 3. The summed E-state index contributed by atoms with van der Waals surface area (Å²) in [6.45, 7) is 7.59. The molecule has 0 amide bonds. The van der Waals surface area contributed by atoms with Gasteiger partial charge in [0, 0.05) is 17.2 Å². The summed E-state index contributed by atoms with van der Waals surface area (Å²) in [4.78, 5) is 13.4. The summed E-state index contributed by atoms with van der Waals surface area (Å²) in [5, 5.41) is 31.0. The SMILES string of the molecule is CC(C)=CCc1c(O)cc(O)c2c(=O)c(-c3ccc(O)c4c3OC(C)(C)C=C4)coc12. The molecule has 0 aliphatic carbocycles. The molecule has 3 N–H and O–H groups in total. The fourth-order valence-electron chi connectivity index (χ4n) is 3.67. The predicted molar refractivity (Wildman–Crippen MR) is 120 cm³/mol. The number of fused-ring (bicyclic) bond motifs is 2. The smallest absolute Gasteiger partial charge is 0.204 e. The van der Waals surface area contributed by atoms with E-state index < -0.39 is 11.0 Å². The van der Waals surface area contributed by atoms with E-state index >= 15 is 0 Å². The molecule has 0 saturated heterocycles. The van der Waals surface area contributed by atoms with Gasteiger partial charge in [-0.2, -0.15) is 0 Å². The molecule has 160 valence electrons. The lowest BCUT2D eigenvalue weighted by atomic mass is 9.95. The Morgan fingerprint density at radius 3 is 2.52 bits per heavy atom. The maximum atomic E-state index is 13.4. The molecule has 1 aromatic heterocycles. The van der Waals surface area contributed by atoms with E-state index in [9.17, 15) is 20.1 Å². The van der Waals surface area contributed by atoms with Crippen molar-refractivity contribution in [3.63, 3.8) is 0 Å². The highest BCUT2D eigenvalue weighted by Crippen LogP contribution is 2.43. The van der Waals surface area contributed by atoms with Gasteiger partial charge in [-0.1, -0.05) is 11.6 Å². The number of ether oxygens (including phenoxy) is 1. The quantitative estimate of drug-likeness (QED) is 0.499. The third-order valence-corrected chi connectivity index (χ3v) is 5.30. The van der Waals surface area contributed by atoms with Gasteiger partial charge in [0.1, 0.15) is 45.8 Å². The zero-order valence-electron chi connectivity index (χ0n) is 17.8. The molecule has 1 aliphatic heterocycles. The van der Waals surface area contributed by atoms with Crippen molar-refractivity contribution in [2.45, 2.75) is 39.7 Å². The predicted octanol–water partition coefficient (Wildman–Crippen LogP) is 5.27. The molecule has 2 heterocycles. The van der Waals surface area contributed by atoms with Crippen molar-refractivity contribution in [2.75, 3.05) is 0 Å². The summed E-state index contributed by atoms with van der Waals surface area (Å²) < 4.78 is 11.8. The Hall–Kier alpha value is -3.67. The Bertz CT molecular complexity index is 1320. The molecule has 3 aromatic rings. The van der Waals surface area contributed by atoms with Gasteiger partial charge >= 0.3 is 0 Å². The highest BCUT2D eigenvalue weighted by atomic mass is 16.5. The van der Waals surface area contributed by atoms with Crippen LogP contribution >= 0.6 is 0 Å². The van der Waals surface area contributed by atoms with Crippen molar-refractivity contribution in [3.05, 3.63) is 63.5 Å². The Balaban J connectivity index is 1.99. The van der Waals surface area contributed by atoms with Crippen molar-refractivity contribution in [1.29, 1.82) is 0 Å². The van der Waals surface area contributed by atoms with Gasteiger partial charge in [-0.15, -0.1) is 0 Å². The lowest BCUT2D eigenvalue weighted by Gasteiger charge is -2.29. The van der Waals surface area contributed by atoms with Gasteiger partial charge in [0.05, 0.1) is 11.1 Å². The molecule has 0 radical (unpaired) electrons. The van der Waals surface area contributed by atoms with E-state index in [1.54, 1.807) is 12.1 Å². The summed E-state index contributed by atoms with van der Waals surface area (Å²) in [6.07, 6.45) is 7.14. The zero-order chi connectivity index (χ0) is 22.5. The highest BCUT2D eigenvalue weighted by molar-refractivity contribution is 5.92. The van der Waals surface area contributed by atoms with Gasteiger partial charge in [0.25, 0.3) is 0 Å². The van der Waals surface area contributed by atoms with E-state index in [0.29, 0.717) is 28.9 Å². The number of phenols is 3. The molecule has 2 aromatic carbocycles. The number of rotatable bonds is 3. The first-order chi connectivity index (χ1) is 14.6. The number of phenolic OH excluding ortho intramolecular Hbond substituents is 3. The van der Waals surface area contributed by atoms with E-state index in [2.05, 4.69) is 0 Å². The van der Waals surface area contributed by atoms with Crippen molar-refractivity contribution in [1.82, 2.24) is 0 Å². The lowest BCUT2D eigenvalue weighted by Crippen LogP contribution is -2.28. The van der Waals surface area contributed by atoms with E-state index in [0.717, 1.165) is 11.6 Å². The average molecular weight is 420 g/mol. The minimum atomic E-state index is -0.627. The van der Waals surface area contributed by atoms with Crippen molar-refractivity contribution < 1.29 is 24.5 Å². The molecule has 1 aliphatic rings. The fraction of sp³-hybridized carbons (Fsp3) is 0.240. The van der Waals surface area contributed by atoms with Crippen LogP contribution < -0.4 is 10.2 Å². The minimum Gasteiger partial charge on any atom is -0.507 e. The van der Waals surface area contributed by atoms with E-state index in [1.165, 1.54) is 12.3 Å². The molecular weight excluding hydrogens is 396 g/mol. The maximum absolute atomic E-state index is 13.4. The molecule has 0 saturated carbocycles. The largest absolute Gasteiger partial charge is 0.507 e. The molecule has 0 atom stereocenters. The van der Waals surface area contributed by atoms with Crippen LogP contribution in [0.1, 0.15) is 38.8 Å². The molecule has 6 nitrogen and oxygen atoms in total. The molecule has 0 spiro atoms. The Morgan fingerprint density at radius 1 is 1.06 bits per heavy atom. The lowest BCUT2D eigenvalue weighted by molar-refractivity contribution is 0.159. The van der Waals surface area contributed by atoms with Crippen molar-refractivity contribution in [2.24, 2.45) is 0 Å². The van der Waals surface area contributed by atoms with Gasteiger partial charge in [-0.05, 0) is 58.4 Å². The maximum Gasteiger partial charge on any atom is 0.204 e. The van der Waals surface area contributed by atoms with E-state index in [4.69, 9.17) is 9.15 Å². The standard InChI is InChI=1S/C25H24O6/c1-13(2)5-6-15-19(27)11-20(28)21-22(29)17(12-30-24(15)21)14-7-8-18(26)16-9-10-25(3,4)31-23(14)16/h5,7-12,26-28H,6H2,1-4H3. The first kappa shape index (κ1) is 20.6. The van der Waals surface area contributed by atoms with E-state index in [1.807, 2.05) is 39.8 Å². The van der Waals surface area contributed by atoms with Gasteiger partial charge in [0.15, 0.2) is 0 Å². The monoisotopic (exact) mass is 420 g/mol. The van der Waals surface area contributed by atoms with Crippen LogP contribution in [0.25, 0.3) is 28.2 Å². The molecular formula is C25H24O6. The van der Waals surface area contributed by atoms with Crippen LogP contribution in [0.2, 0.25) is 0 Å². The second-order valence-corrected chi connectivity index (χ2v) is 8.48. The third-order valence-electron chi connectivity index (χ3n) is 5.30. The van der Waals surface area contributed by atoms with Crippen LogP contribution in [0.4, 0.5) is 0 Å². The van der Waals surface area contributed by atoms with Gasteiger partial charge < -0.3 is 24.5 Å². The normalized spacial score (nSPS) is 14.2. The second kappa shape index (κ2) is 7.23. The number of aromatic hydroxyl groups is 3. The van der Waals surface area contributed by atoms with Gasteiger partial charge in [-0.25, -0.2) is 0 Å². The second-order valence-electron chi connectivity index (χ2n) is 8.48. The first-order valence-electron chi connectivity index (χ1n) is 9.96. The van der Waals surface area contributed by atoms with Crippen LogP contribution in [0.5, 0.6) is 23.0 Å². The summed E-state index contributed by atoms with van der Waals surface area (Å²) in [5.41, 5.74) is 1.61. The number of hydrogen-bond acceptors (Lipinski definition) is 6. The fourth-order valence-corrected chi connectivity index (χ4v) is 3.67. The summed E-state index contributed by atoms with van der Waals surface area (Å²) in [5.74, 6) is -0.108. The average Bonchev–Trinajstić information content (AvgIpc) is 2.67. The van der Waals surface area contributed by atoms with Gasteiger partial charge in [-0.3, -0.25) is 4.79 Å². The number of benzene rings is 2. The van der Waals surface area contributed by atoms with Crippen LogP contribution in [-0.2, 0) is 6.42 Å². The molecule has 0 fully saturated rings. The Morgan fingerprint density at radius 2 is 1.81 bits per heavy atom. The first-order valence-corrected chi connectivity index (χ1v) is 9.96. The molecule has 0 unspecified atom stereocenters. The molecule has 4 rings (SSSR count). The van der Waals surface area contributed by atoms with Crippen molar-refractivity contribution in [3.8, 4) is 34.1 Å². The summed E-state index contributed by atoms with van der Waals surface area (Å²) in [7, 11) is 0. The summed E-state index contributed by atoms with van der Waals surface area (Å²) in [6, 6.07) is 4.23.